The van der Waals surface area contributed by atoms with Crippen LogP contribution < -0.4 is 14.2 Å². The molecule has 0 aromatic heterocycles. The van der Waals surface area contributed by atoms with Gasteiger partial charge in [0, 0.05) is 39.3 Å². The number of hydrogen-bond donors (Lipinski definition) is 0. The minimum atomic E-state index is -0.875. The Labute approximate surface area is 200 Å². The number of amides is 1. The molecule has 1 fully saturated rings. The van der Waals surface area contributed by atoms with E-state index >= 15 is 0 Å². The molecule has 0 N–H and O–H groups in total. The van der Waals surface area contributed by atoms with Crippen molar-refractivity contribution >= 4 is 5.91 Å². The smallest absolute Gasteiger partial charge is 0.264 e. The van der Waals surface area contributed by atoms with Crippen molar-refractivity contribution in [3.8, 4) is 17.2 Å². The Kier molecular flexibility index (Phi) is 7.90. The van der Waals surface area contributed by atoms with Crippen LogP contribution in [0.25, 0.3) is 0 Å². The molecule has 8 heteroatoms. The van der Waals surface area contributed by atoms with E-state index in [9.17, 15) is 9.18 Å². The fourth-order valence-electron chi connectivity index (χ4n) is 4.15. The van der Waals surface area contributed by atoms with Crippen molar-refractivity contribution in [2.24, 2.45) is 0 Å². The summed E-state index contributed by atoms with van der Waals surface area (Å²) in [4.78, 5) is 17.1. The van der Waals surface area contributed by atoms with Gasteiger partial charge in [-0.05, 0) is 56.5 Å². The predicted octanol–water partition coefficient (Wildman–Crippen LogP) is 3.85. The molecule has 34 heavy (non-hydrogen) atoms. The van der Waals surface area contributed by atoms with Crippen molar-refractivity contribution in [3.63, 3.8) is 0 Å². The van der Waals surface area contributed by atoms with Crippen LogP contribution in [0, 0.1) is 5.82 Å². The molecule has 2 unspecified atom stereocenters. The van der Waals surface area contributed by atoms with Crippen LogP contribution in [0.15, 0.2) is 42.5 Å². The van der Waals surface area contributed by atoms with Crippen LogP contribution in [0.5, 0.6) is 17.2 Å². The van der Waals surface area contributed by atoms with Gasteiger partial charge in [-0.1, -0.05) is 18.2 Å². The predicted molar refractivity (Wildman–Crippen MR) is 126 cm³/mol. The van der Waals surface area contributed by atoms with E-state index < -0.39 is 11.9 Å². The lowest BCUT2D eigenvalue weighted by atomic mass is 10.1. The van der Waals surface area contributed by atoms with E-state index in [0.29, 0.717) is 25.4 Å². The molecule has 0 saturated carbocycles. The van der Waals surface area contributed by atoms with Crippen molar-refractivity contribution in [2.75, 3.05) is 33.5 Å². The first-order valence-corrected chi connectivity index (χ1v) is 11.8. The van der Waals surface area contributed by atoms with Crippen molar-refractivity contribution < 1.29 is 28.1 Å². The molecular weight excluding hydrogens is 439 g/mol. The van der Waals surface area contributed by atoms with Gasteiger partial charge in [0.15, 0.2) is 29.2 Å². The van der Waals surface area contributed by atoms with E-state index in [2.05, 4.69) is 4.90 Å². The summed E-state index contributed by atoms with van der Waals surface area (Å²) in [6.07, 6.45) is 1.20. The highest BCUT2D eigenvalue weighted by Crippen LogP contribution is 2.33. The maximum absolute atomic E-state index is 14.4. The first-order valence-electron chi connectivity index (χ1n) is 11.8. The number of nitrogens with zero attached hydrogens (tertiary/aromatic N) is 2. The van der Waals surface area contributed by atoms with Crippen LogP contribution in [0.1, 0.15) is 32.3 Å². The summed E-state index contributed by atoms with van der Waals surface area (Å²) in [5, 5.41) is 0. The number of benzene rings is 2. The average molecular weight is 473 g/mol. The van der Waals surface area contributed by atoms with Gasteiger partial charge in [0.25, 0.3) is 5.91 Å². The third kappa shape index (κ3) is 5.98. The Bertz CT molecular complexity index is 979. The fourth-order valence-corrected chi connectivity index (χ4v) is 4.15. The van der Waals surface area contributed by atoms with Gasteiger partial charge in [-0.3, -0.25) is 9.69 Å². The maximum Gasteiger partial charge on any atom is 0.264 e. The molecule has 2 atom stereocenters. The second-order valence-corrected chi connectivity index (χ2v) is 9.10. The molecule has 7 nitrogen and oxygen atoms in total. The molecular formula is C26H33FN2O5. The van der Waals surface area contributed by atoms with Crippen LogP contribution in [-0.2, 0) is 16.1 Å². The number of para-hydroxylation sites is 1. The van der Waals surface area contributed by atoms with Crippen molar-refractivity contribution in [2.45, 2.75) is 51.5 Å². The van der Waals surface area contributed by atoms with Gasteiger partial charge in [-0.2, -0.15) is 0 Å². The second kappa shape index (κ2) is 11.1. The molecule has 2 aromatic rings. The SMILES string of the molecule is CC(C)N(C)C(=O)C(CN(Cc1ccc2c(c1)OCO2)CC1CCCO1)Oc1ccccc1F. The van der Waals surface area contributed by atoms with Gasteiger partial charge < -0.3 is 23.8 Å². The number of carbonyl (C=O) groups is 1. The van der Waals surface area contributed by atoms with E-state index in [1.165, 1.54) is 6.07 Å². The van der Waals surface area contributed by atoms with Gasteiger partial charge in [-0.15, -0.1) is 0 Å². The summed E-state index contributed by atoms with van der Waals surface area (Å²) in [7, 11) is 1.74. The van der Waals surface area contributed by atoms with Crippen LogP contribution >= 0.6 is 0 Å². The quantitative estimate of drug-likeness (QED) is 0.524. The Morgan fingerprint density at radius 1 is 1.18 bits per heavy atom. The number of hydrogen-bond acceptors (Lipinski definition) is 6. The lowest BCUT2D eigenvalue weighted by Crippen LogP contribution is -2.49. The fraction of sp³-hybridized carbons (Fsp3) is 0.500. The van der Waals surface area contributed by atoms with Crippen molar-refractivity contribution in [1.29, 1.82) is 0 Å². The summed E-state index contributed by atoms with van der Waals surface area (Å²) in [6.45, 7) is 6.33. The summed E-state index contributed by atoms with van der Waals surface area (Å²) >= 11 is 0. The average Bonchev–Trinajstić information content (AvgIpc) is 3.50. The number of ether oxygens (including phenoxy) is 4. The normalized spacial score (nSPS) is 17.9. The Hall–Kier alpha value is -2.84. The Morgan fingerprint density at radius 3 is 2.71 bits per heavy atom. The molecule has 1 saturated heterocycles. The Morgan fingerprint density at radius 2 is 1.97 bits per heavy atom. The third-order valence-electron chi connectivity index (χ3n) is 6.26. The van der Waals surface area contributed by atoms with E-state index in [0.717, 1.165) is 30.8 Å². The minimum Gasteiger partial charge on any atom is -0.476 e. The second-order valence-electron chi connectivity index (χ2n) is 9.10. The first kappa shape index (κ1) is 24.3. The highest BCUT2D eigenvalue weighted by molar-refractivity contribution is 5.81. The number of halogens is 1. The van der Waals surface area contributed by atoms with E-state index in [4.69, 9.17) is 18.9 Å². The topological polar surface area (TPSA) is 60.5 Å². The largest absolute Gasteiger partial charge is 0.476 e. The van der Waals surface area contributed by atoms with Crippen LogP contribution in [0.3, 0.4) is 0 Å². The third-order valence-corrected chi connectivity index (χ3v) is 6.26. The monoisotopic (exact) mass is 472 g/mol. The van der Waals surface area contributed by atoms with Gasteiger partial charge in [0.05, 0.1) is 6.10 Å². The molecule has 1 amide bonds. The molecule has 2 aliphatic rings. The van der Waals surface area contributed by atoms with Gasteiger partial charge in [-0.25, -0.2) is 4.39 Å². The van der Waals surface area contributed by atoms with E-state index in [-0.39, 0.29) is 30.6 Å². The van der Waals surface area contributed by atoms with Crippen LogP contribution in [0.2, 0.25) is 0 Å². The van der Waals surface area contributed by atoms with Crippen molar-refractivity contribution in [1.82, 2.24) is 9.80 Å². The van der Waals surface area contributed by atoms with Crippen molar-refractivity contribution in [3.05, 3.63) is 53.8 Å². The van der Waals surface area contributed by atoms with Gasteiger partial charge >= 0.3 is 0 Å². The van der Waals surface area contributed by atoms with E-state index in [1.54, 1.807) is 30.1 Å². The molecule has 0 spiro atoms. The van der Waals surface area contributed by atoms with E-state index in [1.807, 2.05) is 32.0 Å². The molecule has 2 heterocycles. The molecule has 2 aliphatic heterocycles. The standard InChI is InChI=1S/C26H33FN2O5/c1-18(2)28(3)26(30)25(34-22-9-5-4-8-21(22)27)16-29(15-20-7-6-12-31-20)14-19-10-11-23-24(13-19)33-17-32-23/h4-5,8-11,13,18,20,25H,6-7,12,14-17H2,1-3H3. The zero-order valence-corrected chi connectivity index (χ0v) is 20.0. The molecule has 0 radical (unpaired) electrons. The van der Waals surface area contributed by atoms with Gasteiger partial charge in [0.2, 0.25) is 6.79 Å². The molecule has 184 valence electrons. The number of likely N-dealkylation sites (N-methyl/N-ethyl adjacent to an activating group) is 1. The number of carbonyl (C=O) groups excluding carboxylic acids is 1. The lowest BCUT2D eigenvalue weighted by molar-refractivity contribution is -0.140. The first-order chi connectivity index (χ1) is 16.4. The van der Waals surface area contributed by atoms with Crippen LogP contribution in [0.4, 0.5) is 4.39 Å². The summed E-state index contributed by atoms with van der Waals surface area (Å²) in [5.41, 5.74) is 1.02. The number of fused-ring (bicyclic) bond motifs is 1. The molecule has 4 rings (SSSR count). The highest BCUT2D eigenvalue weighted by atomic mass is 19.1. The zero-order valence-electron chi connectivity index (χ0n) is 20.0. The Balaban J connectivity index is 1.57. The van der Waals surface area contributed by atoms with Gasteiger partial charge in [0.1, 0.15) is 0 Å². The lowest BCUT2D eigenvalue weighted by Gasteiger charge is -2.32. The summed E-state index contributed by atoms with van der Waals surface area (Å²) < 4.78 is 37.2. The van der Waals surface area contributed by atoms with Crippen LogP contribution in [-0.4, -0.2) is 67.5 Å². The highest BCUT2D eigenvalue weighted by Gasteiger charge is 2.30. The minimum absolute atomic E-state index is 0.0142. The molecule has 0 bridgehead atoms. The maximum atomic E-state index is 14.4. The zero-order chi connectivity index (χ0) is 24.1. The molecule has 2 aromatic carbocycles. The molecule has 0 aliphatic carbocycles. The summed E-state index contributed by atoms with van der Waals surface area (Å²) in [5.74, 6) is 0.821. The summed E-state index contributed by atoms with van der Waals surface area (Å²) in [6, 6.07) is 12.0. The number of rotatable bonds is 10.